The number of carbonyl (C=O) groups excluding carboxylic acids is 1. The summed E-state index contributed by atoms with van der Waals surface area (Å²) >= 11 is 0. The maximum atomic E-state index is 12.2. The second-order valence-corrected chi connectivity index (χ2v) is 6.40. The van der Waals surface area contributed by atoms with Crippen LogP contribution < -0.4 is 19.6 Å². The van der Waals surface area contributed by atoms with Gasteiger partial charge in [0.05, 0.1) is 14.2 Å². The lowest BCUT2D eigenvalue weighted by atomic mass is 10.1. The zero-order valence-corrected chi connectivity index (χ0v) is 17.2. The lowest BCUT2D eigenvalue weighted by Crippen LogP contribution is -2.09. The smallest absolute Gasteiger partial charge is 0.331 e. The molecule has 0 aliphatic heterocycles. The molecule has 3 rings (SSSR count). The minimum atomic E-state index is -0.600. The van der Waals surface area contributed by atoms with E-state index in [9.17, 15) is 9.59 Å². The highest BCUT2D eigenvalue weighted by Gasteiger charge is 2.08. The number of benzene rings is 2. The zero-order chi connectivity index (χ0) is 22.1. The molecule has 0 spiro atoms. The van der Waals surface area contributed by atoms with Gasteiger partial charge in [-0.3, -0.25) is 4.79 Å². The monoisotopic (exact) mass is 422 g/mol. The van der Waals surface area contributed by atoms with Crippen molar-refractivity contribution >= 4 is 12.0 Å². The second kappa shape index (κ2) is 10.7. The van der Waals surface area contributed by atoms with Crippen LogP contribution in [0.15, 0.2) is 76.1 Å². The van der Waals surface area contributed by atoms with Crippen LogP contribution in [0.25, 0.3) is 6.08 Å². The topological polar surface area (TPSA) is 84.2 Å². The molecule has 3 aromatic rings. The van der Waals surface area contributed by atoms with Gasteiger partial charge in [-0.1, -0.05) is 30.3 Å². The highest BCUT2D eigenvalue weighted by Crippen LogP contribution is 2.25. The fraction of sp³-hybridized carbons (Fsp3) is 0.167. The number of carbonyl (C=O) groups is 1. The molecule has 0 aliphatic rings. The highest BCUT2D eigenvalue weighted by molar-refractivity contribution is 5.87. The van der Waals surface area contributed by atoms with E-state index in [1.807, 2.05) is 30.3 Å². The Hall–Kier alpha value is -4.00. The molecule has 0 bridgehead atoms. The summed E-state index contributed by atoms with van der Waals surface area (Å²) in [6, 6.07) is 15.9. The van der Waals surface area contributed by atoms with Gasteiger partial charge < -0.3 is 23.4 Å². The minimum Gasteiger partial charge on any atom is -0.497 e. The van der Waals surface area contributed by atoms with Crippen molar-refractivity contribution in [3.05, 3.63) is 94.0 Å². The summed E-state index contributed by atoms with van der Waals surface area (Å²) in [5.41, 5.74) is 1.23. The van der Waals surface area contributed by atoms with E-state index in [4.69, 9.17) is 23.4 Å². The summed E-state index contributed by atoms with van der Waals surface area (Å²) in [5, 5.41) is 0. The van der Waals surface area contributed by atoms with Crippen LogP contribution in [0.2, 0.25) is 0 Å². The first kappa shape index (κ1) is 21.7. The molecular weight excluding hydrogens is 400 g/mol. The molecule has 1 heterocycles. The van der Waals surface area contributed by atoms with Crippen LogP contribution in [-0.2, 0) is 22.7 Å². The predicted molar refractivity (Wildman–Crippen MR) is 114 cm³/mol. The van der Waals surface area contributed by atoms with Gasteiger partial charge in [0.25, 0.3) is 0 Å². The van der Waals surface area contributed by atoms with Crippen LogP contribution >= 0.6 is 0 Å². The first-order valence-electron chi connectivity index (χ1n) is 9.44. The molecule has 1 aromatic heterocycles. The molecule has 0 radical (unpaired) electrons. The maximum absolute atomic E-state index is 12.2. The van der Waals surface area contributed by atoms with Crippen molar-refractivity contribution in [3.63, 3.8) is 0 Å². The van der Waals surface area contributed by atoms with Gasteiger partial charge in [0.2, 0.25) is 11.2 Å². The Labute approximate surface area is 179 Å². The van der Waals surface area contributed by atoms with Crippen molar-refractivity contribution in [1.29, 1.82) is 0 Å². The normalized spacial score (nSPS) is 10.6. The largest absolute Gasteiger partial charge is 0.497 e. The molecule has 160 valence electrons. The van der Waals surface area contributed by atoms with Crippen molar-refractivity contribution < 1.29 is 28.2 Å². The minimum absolute atomic E-state index is 0.0870. The average Bonchev–Trinajstić information content (AvgIpc) is 2.81. The lowest BCUT2D eigenvalue weighted by Gasteiger charge is -2.07. The van der Waals surface area contributed by atoms with Gasteiger partial charge in [0, 0.05) is 17.7 Å². The fourth-order valence-corrected chi connectivity index (χ4v) is 2.67. The van der Waals surface area contributed by atoms with E-state index in [1.165, 1.54) is 25.5 Å². The summed E-state index contributed by atoms with van der Waals surface area (Å²) in [6.07, 6.45) is 4.03. The zero-order valence-electron chi connectivity index (χ0n) is 17.2. The van der Waals surface area contributed by atoms with E-state index in [1.54, 1.807) is 31.4 Å². The Morgan fingerprint density at radius 3 is 2.48 bits per heavy atom. The number of esters is 1. The highest BCUT2D eigenvalue weighted by atomic mass is 16.5. The molecule has 31 heavy (non-hydrogen) atoms. The van der Waals surface area contributed by atoms with Gasteiger partial charge in [0.1, 0.15) is 36.7 Å². The fourth-order valence-electron chi connectivity index (χ4n) is 2.67. The third-order valence-corrected chi connectivity index (χ3v) is 4.28. The number of hydrogen-bond acceptors (Lipinski definition) is 7. The first-order chi connectivity index (χ1) is 15.1. The van der Waals surface area contributed by atoms with Crippen LogP contribution in [-0.4, -0.2) is 20.2 Å². The molecule has 7 nitrogen and oxygen atoms in total. The number of ether oxygens (including phenoxy) is 4. The van der Waals surface area contributed by atoms with Gasteiger partial charge in [-0.25, -0.2) is 4.79 Å². The van der Waals surface area contributed by atoms with Crippen LogP contribution in [0, 0.1) is 0 Å². The van der Waals surface area contributed by atoms with Crippen LogP contribution in [0.5, 0.6) is 17.2 Å². The quantitative estimate of drug-likeness (QED) is 0.381. The van der Waals surface area contributed by atoms with Crippen molar-refractivity contribution in [2.24, 2.45) is 0 Å². The molecule has 2 aromatic carbocycles. The van der Waals surface area contributed by atoms with E-state index in [2.05, 4.69) is 0 Å². The third-order valence-electron chi connectivity index (χ3n) is 4.28. The summed E-state index contributed by atoms with van der Waals surface area (Å²) < 4.78 is 26.4. The van der Waals surface area contributed by atoms with Gasteiger partial charge in [-0.05, 0) is 29.8 Å². The molecule has 0 fully saturated rings. The molecule has 0 aliphatic carbocycles. The Bertz CT molecular complexity index is 1100. The molecule has 0 saturated heterocycles. The van der Waals surface area contributed by atoms with Crippen LogP contribution in [0.4, 0.5) is 0 Å². The molecule has 0 saturated carbocycles. The number of rotatable bonds is 9. The SMILES string of the molecule is COc1ccc(OC)c(/C=C/C(=O)OCc2cc(=O)c(OCc3ccccc3)co2)c1. The predicted octanol–water partition coefficient (Wildman–Crippen LogP) is 3.99. The summed E-state index contributed by atoms with van der Waals surface area (Å²) in [6.45, 7) is 0.0606. The van der Waals surface area contributed by atoms with Crippen molar-refractivity contribution in [3.8, 4) is 17.2 Å². The maximum Gasteiger partial charge on any atom is 0.331 e. The molecule has 7 heteroatoms. The van der Waals surface area contributed by atoms with E-state index < -0.39 is 5.97 Å². The Morgan fingerprint density at radius 2 is 1.77 bits per heavy atom. The van der Waals surface area contributed by atoms with Crippen molar-refractivity contribution in [1.82, 2.24) is 0 Å². The van der Waals surface area contributed by atoms with E-state index >= 15 is 0 Å². The van der Waals surface area contributed by atoms with Gasteiger partial charge in [-0.15, -0.1) is 0 Å². The van der Waals surface area contributed by atoms with Gasteiger partial charge in [0.15, 0.2) is 0 Å². The second-order valence-electron chi connectivity index (χ2n) is 6.40. The van der Waals surface area contributed by atoms with Crippen molar-refractivity contribution in [2.75, 3.05) is 14.2 Å². The van der Waals surface area contributed by atoms with Gasteiger partial charge >= 0.3 is 5.97 Å². The lowest BCUT2D eigenvalue weighted by molar-refractivity contribution is -0.139. The summed E-state index contributed by atoms with van der Waals surface area (Å²) in [5.74, 6) is 0.908. The molecule has 0 atom stereocenters. The van der Waals surface area contributed by atoms with Gasteiger partial charge in [-0.2, -0.15) is 0 Å². The van der Waals surface area contributed by atoms with E-state index in [0.29, 0.717) is 17.1 Å². The molecule has 0 amide bonds. The Balaban J connectivity index is 1.56. The first-order valence-corrected chi connectivity index (χ1v) is 9.44. The van der Waals surface area contributed by atoms with E-state index in [0.717, 1.165) is 5.56 Å². The summed E-state index contributed by atoms with van der Waals surface area (Å²) in [7, 11) is 3.09. The van der Waals surface area contributed by atoms with E-state index in [-0.39, 0.29) is 30.2 Å². The Kier molecular flexibility index (Phi) is 7.48. The average molecular weight is 422 g/mol. The molecule has 0 N–H and O–H groups in total. The Morgan fingerprint density at radius 1 is 0.968 bits per heavy atom. The van der Waals surface area contributed by atoms with Crippen LogP contribution in [0.3, 0.4) is 0 Å². The molecule has 0 unspecified atom stereocenters. The van der Waals surface area contributed by atoms with Crippen molar-refractivity contribution in [2.45, 2.75) is 13.2 Å². The number of hydrogen-bond donors (Lipinski definition) is 0. The standard InChI is InChI=1S/C24H22O7/c1-27-19-9-10-22(28-2)18(12-19)8-11-24(26)31-15-20-13-21(25)23(16-29-20)30-14-17-6-4-3-5-7-17/h3-13,16H,14-15H2,1-2H3/b11-8+. The van der Waals surface area contributed by atoms with Crippen LogP contribution in [0.1, 0.15) is 16.9 Å². The third kappa shape index (κ3) is 6.24. The molecular formula is C24H22O7. The summed E-state index contributed by atoms with van der Waals surface area (Å²) in [4.78, 5) is 24.2. The number of methoxy groups -OCH3 is 2.